The van der Waals surface area contributed by atoms with E-state index in [1.54, 1.807) is 13.0 Å². The normalized spacial score (nSPS) is 10.7. The van der Waals surface area contributed by atoms with Crippen molar-refractivity contribution in [1.29, 1.82) is 0 Å². The topological polar surface area (TPSA) is 61.8 Å². The molecule has 0 amide bonds. The summed E-state index contributed by atoms with van der Waals surface area (Å²) in [6.07, 6.45) is 3.53. The fraction of sp³-hybridized carbons (Fsp3) is 0.714. The van der Waals surface area contributed by atoms with E-state index >= 15 is 0 Å². The summed E-state index contributed by atoms with van der Waals surface area (Å²) in [4.78, 5) is 20.5. The summed E-state index contributed by atoms with van der Waals surface area (Å²) >= 11 is 0. The molecular formula is C14H26O5. The molecule has 0 aliphatic rings. The molecule has 5 heteroatoms. The van der Waals surface area contributed by atoms with Crippen molar-refractivity contribution in [1.82, 2.24) is 0 Å². The number of hydrogen-bond donors (Lipinski definition) is 0. The fourth-order valence-electron chi connectivity index (χ4n) is 0.995. The lowest BCUT2D eigenvalue weighted by molar-refractivity contribution is -0.148. The third-order valence-corrected chi connectivity index (χ3v) is 1.76. The van der Waals surface area contributed by atoms with Gasteiger partial charge in [0.15, 0.2) is 0 Å². The molecule has 0 bridgehead atoms. The highest BCUT2D eigenvalue weighted by Crippen LogP contribution is 1.92. The van der Waals surface area contributed by atoms with Crippen LogP contribution in [0.1, 0.15) is 40.5 Å². The summed E-state index contributed by atoms with van der Waals surface area (Å²) in [7, 11) is 0. The third kappa shape index (κ3) is 22.3. The van der Waals surface area contributed by atoms with Gasteiger partial charge in [-0.05, 0) is 13.3 Å². The SMILES string of the molecule is C=CCOCC(C)OC(C)=O.CCCCOC(C)=O. The Kier molecular flexibility index (Phi) is 15.4. The van der Waals surface area contributed by atoms with Crippen LogP contribution in [0.5, 0.6) is 0 Å². The monoisotopic (exact) mass is 274 g/mol. The van der Waals surface area contributed by atoms with Gasteiger partial charge in [-0.2, -0.15) is 0 Å². The van der Waals surface area contributed by atoms with Gasteiger partial charge in [0.25, 0.3) is 0 Å². The van der Waals surface area contributed by atoms with E-state index in [1.807, 2.05) is 0 Å². The number of carbonyl (C=O) groups is 2. The zero-order valence-electron chi connectivity index (χ0n) is 12.4. The molecule has 0 spiro atoms. The summed E-state index contributed by atoms with van der Waals surface area (Å²) in [5.41, 5.74) is 0. The first-order valence-electron chi connectivity index (χ1n) is 6.43. The highest BCUT2D eigenvalue weighted by atomic mass is 16.6. The molecule has 1 atom stereocenters. The second-order valence-electron chi connectivity index (χ2n) is 3.94. The minimum absolute atomic E-state index is 0.174. The van der Waals surface area contributed by atoms with Gasteiger partial charge in [0.1, 0.15) is 6.10 Å². The lowest BCUT2D eigenvalue weighted by atomic mass is 10.4. The van der Waals surface area contributed by atoms with Crippen LogP contribution in [0.25, 0.3) is 0 Å². The molecule has 0 aromatic rings. The Balaban J connectivity index is 0. The number of unbranched alkanes of at least 4 members (excludes halogenated alkanes) is 1. The number of ether oxygens (including phenoxy) is 3. The smallest absolute Gasteiger partial charge is 0.302 e. The fourth-order valence-corrected chi connectivity index (χ4v) is 0.995. The summed E-state index contributed by atoms with van der Waals surface area (Å²) in [5.74, 6) is -0.460. The van der Waals surface area contributed by atoms with Gasteiger partial charge in [0.05, 0.1) is 19.8 Å². The first kappa shape index (κ1) is 20.0. The molecule has 0 rings (SSSR count). The van der Waals surface area contributed by atoms with Crippen molar-refractivity contribution < 1.29 is 23.8 Å². The van der Waals surface area contributed by atoms with E-state index < -0.39 is 0 Å². The Morgan fingerprint density at radius 2 is 1.89 bits per heavy atom. The van der Waals surface area contributed by atoms with E-state index in [-0.39, 0.29) is 18.0 Å². The molecule has 0 fully saturated rings. The quantitative estimate of drug-likeness (QED) is 0.386. The van der Waals surface area contributed by atoms with Gasteiger partial charge in [-0.15, -0.1) is 6.58 Å². The van der Waals surface area contributed by atoms with Crippen molar-refractivity contribution in [2.24, 2.45) is 0 Å². The van der Waals surface area contributed by atoms with E-state index in [0.717, 1.165) is 12.8 Å². The van der Waals surface area contributed by atoms with Crippen molar-refractivity contribution in [3.05, 3.63) is 12.7 Å². The second kappa shape index (κ2) is 14.7. The highest BCUT2D eigenvalue weighted by molar-refractivity contribution is 5.66. The average molecular weight is 274 g/mol. The van der Waals surface area contributed by atoms with Crippen LogP contribution < -0.4 is 0 Å². The first-order chi connectivity index (χ1) is 8.93. The van der Waals surface area contributed by atoms with Crippen LogP contribution >= 0.6 is 0 Å². The second-order valence-corrected chi connectivity index (χ2v) is 3.94. The third-order valence-electron chi connectivity index (χ3n) is 1.76. The van der Waals surface area contributed by atoms with E-state index in [4.69, 9.17) is 9.47 Å². The first-order valence-corrected chi connectivity index (χ1v) is 6.43. The Morgan fingerprint density at radius 3 is 2.32 bits per heavy atom. The predicted molar refractivity (Wildman–Crippen MR) is 73.8 cm³/mol. The van der Waals surface area contributed by atoms with Crippen molar-refractivity contribution in [3.63, 3.8) is 0 Å². The van der Waals surface area contributed by atoms with Crippen LogP contribution in [0.15, 0.2) is 12.7 Å². The highest BCUT2D eigenvalue weighted by Gasteiger charge is 2.03. The minimum Gasteiger partial charge on any atom is -0.466 e. The van der Waals surface area contributed by atoms with Gasteiger partial charge in [0, 0.05) is 13.8 Å². The molecule has 0 saturated heterocycles. The molecule has 0 aromatic carbocycles. The van der Waals surface area contributed by atoms with Crippen LogP contribution in [0.3, 0.4) is 0 Å². The summed E-state index contributed by atoms with van der Waals surface area (Å²) in [5, 5.41) is 0. The zero-order valence-corrected chi connectivity index (χ0v) is 12.4. The molecule has 0 N–H and O–H groups in total. The van der Waals surface area contributed by atoms with Crippen LogP contribution in [-0.2, 0) is 23.8 Å². The maximum Gasteiger partial charge on any atom is 0.302 e. The molecule has 1 unspecified atom stereocenters. The molecular weight excluding hydrogens is 248 g/mol. The van der Waals surface area contributed by atoms with Gasteiger partial charge in [-0.25, -0.2) is 0 Å². The Hall–Kier alpha value is -1.36. The molecule has 5 nitrogen and oxygen atoms in total. The Morgan fingerprint density at radius 1 is 1.26 bits per heavy atom. The van der Waals surface area contributed by atoms with E-state index in [0.29, 0.717) is 19.8 Å². The summed E-state index contributed by atoms with van der Waals surface area (Å²) in [6.45, 7) is 11.6. The van der Waals surface area contributed by atoms with Crippen molar-refractivity contribution >= 4 is 11.9 Å². The molecule has 0 aromatic heterocycles. The minimum atomic E-state index is -0.278. The number of carbonyl (C=O) groups excluding carboxylic acids is 2. The Labute approximate surface area is 115 Å². The van der Waals surface area contributed by atoms with Crippen molar-refractivity contribution in [2.45, 2.75) is 46.6 Å². The van der Waals surface area contributed by atoms with Gasteiger partial charge in [0.2, 0.25) is 0 Å². The molecule has 0 aliphatic heterocycles. The van der Waals surface area contributed by atoms with Gasteiger partial charge in [-0.1, -0.05) is 19.4 Å². The van der Waals surface area contributed by atoms with E-state index in [9.17, 15) is 9.59 Å². The van der Waals surface area contributed by atoms with Crippen LogP contribution in [0.2, 0.25) is 0 Å². The van der Waals surface area contributed by atoms with Crippen molar-refractivity contribution in [2.75, 3.05) is 19.8 Å². The van der Waals surface area contributed by atoms with Gasteiger partial charge in [-0.3, -0.25) is 9.59 Å². The lowest BCUT2D eigenvalue weighted by Crippen LogP contribution is -2.18. The van der Waals surface area contributed by atoms with Crippen LogP contribution in [-0.4, -0.2) is 37.9 Å². The van der Waals surface area contributed by atoms with E-state index in [1.165, 1.54) is 13.8 Å². The Bertz CT molecular complexity index is 250. The molecule has 0 radical (unpaired) electrons. The van der Waals surface area contributed by atoms with Gasteiger partial charge < -0.3 is 14.2 Å². The standard InChI is InChI=1S/C8H14O3.C6H12O2/c1-4-5-10-6-7(2)11-8(3)9;1-3-4-5-8-6(2)7/h4,7H,1,5-6H2,2-3H3;3-5H2,1-2H3. The maximum atomic E-state index is 10.4. The number of rotatable bonds is 8. The van der Waals surface area contributed by atoms with Crippen LogP contribution in [0, 0.1) is 0 Å². The van der Waals surface area contributed by atoms with Gasteiger partial charge >= 0.3 is 11.9 Å². The predicted octanol–water partition coefficient (Wildman–Crippen LogP) is 2.49. The molecule has 112 valence electrons. The lowest BCUT2D eigenvalue weighted by Gasteiger charge is -2.10. The maximum absolute atomic E-state index is 10.4. The van der Waals surface area contributed by atoms with Crippen LogP contribution in [0.4, 0.5) is 0 Å². The molecule has 19 heavy (non-hydrogen) atoms. The number of hydrogen-bond acceptors (Lipinski definition) is 5. The summed E-state index contributed by atoms with van der Waals surface area (Å²) < 4.78 is 14.5. The summed E-state index contributed by atoms with van der Waals surface area (Å²) in [6, 6.07) is 0. The van der Waals surface area contributed by atoms with Crippen molar-refractivity contribution in [3.8, 4) is 0 Å². The van der Waals surface area contributed by atoms with E-state index in [2.05, 4.69) is 18.2 Å². The largest absolute Gasteiger partial charge is 0.466 e. The molecule has 0 aliphatic carbocycles. The molecule has 0 saturated carbocycles. The number of esters is 2. The molecule has 0 heterocycles. The average Bonchev–Trinajstić information content (AvgIpc) is 2.29. The zero-order chi connectivity index (χ0) is 15.1.